The molecule has 2 fully saturated rings. The number of ether oxygens (including phenoxy) is 1. The molecular formula is C21H27N5O2. The number of carbonyl (C=O) groups excluding carboxylic acids is 1. The van der Waals surface area contributed by atoms with Gasteiger partial charge in [0.1, 0.15) is 6.61 Å². The molecule has 2 saturated heterocycles. The highest BCUT2D eigenvalue weighted by atomic mass is 16.5. The van der Waals surface area contributed by atoms with E-state index in [2.05, 4.69) is 14.9 Å². The number of aromatic nitrogens is 3. The minimum absolute atomic E-state index is 0.0477. The quantitative estimate of drug-likeness (QED) is 0.792. The summed E-state index contributed by atoms with van der Waals surface area (Å²) in [5.74, 6) is 1.05. The van der Waals surface area contributed by atoms with Crippen molar-refractivity contribution >= 4 is 11.9 Å². The van der Waals surface area contributed by atoms with Gasteiger partial charge in [-0.3, -0.25) is 9.78 Å². The number of pyridine rings is 1. The molecule has 7 heteroatoms. The molecule has 4 heterocycles. The van der Waals surface area contributed by atoms with E-state index in [-0.39, 0.29) is 18.4 Å². The van der Waals surface area contributed by atoms with Crippen LogP contribution in [0, 0.1) is 0 Å². The molecule has 0 N–H and O–H groups in total. The van der Waals surface area contributed by atoms with Gasteiger partial charge in [-0.2, -0.15) is 0 Å². The number of amides is 1. The van der Waals surface area contributed by atoms with Gasteiger partial charge in [0.15, 0.2) is 0 Å². The van der Waals surface area contributed by atoms with Gasteiger partial charge in [-0.25, -0.2) is 9.97 Å². The molecule has 2 aliphatic rings. The van der Waals surface area contributed by atoms with Crippen LogP contribution in [0.5, 0.6) is 0 Å². The van der Waals surface area contributed by atoms with Crippen LogP contribution in [-0.4, -0.2) is 65.7 Å². The third-order valence-electron chi connectivity index (χ3n) is 5.61. The first-order chi connectivity index (χ1) is 13.8. The Labute approximate surface area is 165 Å². The smallest absolute Gasteiger partial charge is 0.248 e. The standard InChI is InChI=1S/C21H27N5O2/c1-28-15-19(27)26-12-4-5-17(14-26)20-18(16-6-8-22-9-7-16)13-23-21(24-20)25-10-2-3-11-25/h6-9,13,17H,2-5,10-12,14-15H2,1H3. The molecule has 0 radical (unpaired) electrons. The van der Waals surface area contributed by atoms with E-state index in [4.69, 9.17) is 9.72 Å². The van der Waals surface area contributed by atoms with Crippen molar-refractivity contribution < 1.29 is 9.53 Å². The number of methoxy groups -OCH3 is 1. The summed E-state index contributed by atoms with van der Waals surface area (Å²) in [5, 5.41) is 0. The Morgan fingerprint density at radius 3 is 2.71 bits per heavy atom. The van der Waals surface area contributed by atoms with E-state index in [1.165, 1.54) is 12.8 Å². The molecule has 4 rings (SSSR count). The van der Waals surface area contributed by atoms with E-state index < -0.39 is 0 Å². The van der Waals surface area contributed by atoms with Gasteiger partial charge in [-0.1, -0.05) is 0 Å². The molecule has 0 bridgehead atoms. The van der Waals surface area contributed by atoms with E-state index >= 15 is 0 Å². The van der Waals surface area contributed by atoms with Gasteiger partial charge >= 0.3 is 0 Å². The average Bonchev–Trinajstić information content (AvgIpc) is 3.29. The first kappa shape index (κ1) is 18.8. The minimum Gasteiger partial charge on any atom is -0.375 e. The lowest BCUT2D eigenvalue weighted by Crippen LogP contribution is -2.41. The molecule has 2 aliphatic heterocycles. The summed E-state index contributed by atoms with van der Waals surface area (Å²) in [5.41, 5.74) is 3.15. The van der Waals surface area contributed by atoms with Crippen molar-refractivity contribution in [3.05, 3.63) is 36.4 Å². The Kier molecular flexibility index (Phi) is 5.81. The maximum atomic E-state index is 12.4. The Hall–Kier alpha value is -2.54. The molecule has 0 aliphatic carbocycles. The molecule has 2 aromatic rings. The number of hydrogen-bond donors (Lipinski definition) is 0. The second-order valence-corrected chi connectivity index (χ2v) is 7.51. The van der Waals surface area contributed by atoms with E-state index in [0.717, 1.165) is 55.2 Å². The summed E-state index contributed by atoms with van der Waals surface area (Å²) in [7, 11) is 1.56. The van der Waals surface area contributed by atoms with Gasteiger partial charge in [-0.15, -0.1) is 0 Å². The summed E-state index contributed by atoms with van der Waals surface area (Å²) < 4.78 is 5.05. The molecule has 7 nitrogen and oxygen atoms in total. The molecule has 2 aromatic heterocycles. The topological polar surface area (TPSA) is 71.5 Å². The molecule has 1 atom stereocenters. The van der Waals surface area contributed by atoms with E-state index in [1.807, 2.05) is 23.2 Å². The largest absolute Gasteiger partial charge is 0.375 e. The monoisotopic (exact) mass is 381 g/mol. The number of rotatable bonds is 5. The van der Waals surface area contributed by atoms with Crippen molar-refractivity contribution in [2.45, 2.75) is 31.6 Å². The second kappa shape index (κ2) is 8.65. The molecule has 148 valence electrons. The molecule has 0 spiro atoms. The lowest BCUT2D eigenvalue weighted by atomic mass is 9.90. The number of nitrogens with zero attached hydrogens (tertiary/aromatic N) is 5. The predicted molar refractivity (Wildman–Crippen MR) is 107 cm³/mol. The van der Waals surface area contributed by atoms with Crippen LogP contribution in [0.1, 0.15) is 37.3 Å². The summed E-state index contributed by atoms with van der Waals surface area (Å²) in [6.45, 7) is 3.62. The Bertz CT molecular complexity index is 808. The Morgan fingerprint density at radius 1 is 1.18 bits per heavy atom. The average molecular weight is 381 g/mol. The summed E-state index contributed by atoms with van der Waals surface area (Å²) in [6, 6.07) is 3.99. The first-order valence-electron chi connectivity index (χ1n) is 10.1. The summed E-state index contributed by atoms with van der Waals surface area (Å²) in [4.78, 5) is 30.3. The number of anilines is 1. The van der Waals surface area contributed by atoms with Crippen molar-refractivity contribution in [3.63, 3.8) is 0 Å². The van der Waals surface area contributed by atoms with Gasteiger partial charge in [0.05, 0.1) is 5.69 Å². The van der Waals surface area contributed by atoms with Gasteiger partial charge in [0.25, 0.3) is 0 Å². The van der Waals surface area contributed by atoms with Gasteiger partial charge in [0.2, 0.25) is 11.9 Å². The fourth-order valence-corrected chi connectivity index (χ4v) is 4.16. The predicted octanol–water partition coefficient (Wildman–Crippen LogP) is 2.49. The first-order valence-corrected chi connectivity index (χ1v) is 10.1. The Morgan fingerprint density at radius 2 is 1.96 bits per heavy atom. The number of likely N-dealkylation sites (tertiary alicyclic amines) is 1. The zero-order valence-electron chi connectivity index (χ0n) is 16.4. The highest BCUT2D eigenvalue weighted by molar-refractivity contribution is 5.77. The van der Waals surface area contributed by atoms with E-state index in [9.17, 15) is 4.79 Å². The molecule has 1 unspecified atom stereocenters. The normalized spacial score (nSPS) is 19.8. The van der Waals surface area contributed by atoms with Crippen molar-refractivity contribution in [3.8, 4) is 11.1 Å². The van der Waals surface area contributed by atoms with Crippen LogP contribution in [-0.2, 0) is 9.53 Å². The lowest BCUT2D eigenvalue weighted by molar-refractivity contribution is -0.136. The third kappa shape index (κ3) is 3.99. The van der Waals surface area contributed by atoms with Crippen LogP contribution >= 0.6 is 0 Å². The molecule has 1 amide bonds. The number of piperidine rings is 1. The van der Waals surface area contributed by atoms with Gasteiger partial charge in [-0.05, 0) is 43.4 Å². The minimum atomic E-state index is 0.0477. The molecule has 28 heavy (non-hydrogen) atoms. The van der Waals surface area contributed by atoms with Crippen molar-refractivity contribution in [2.24, 2.45) is 0 Å². The van der Waals surface area contributed by atoms with Crippen LogP contribution in [0.3, 0.4) is 0 Å². The van der Waals surface area contributed by atoms with Crippen LogP contribution in [0.2, 0.25) is 0 Å². The fraction of sp³-hybridized carbons (Fsp3) is 0.524. The van der Waals surface area contributed by atoms with Crippen LogP contribution in [0.25, 0.3) is 11.1 Å². The second-order valence-electron chi connectivity index (χ2n) is 7.51. The molecular weight excluding hydrogens is 354 g/mol. The molecule has 0 saturated carbocycles. The van der Waals surface area contributed by atoms with Crippen LogP contribution in [0.15, 0.2) is 30.7 Å². The third-order valence-corrected chi connectivity index (χ3v) is 5.61. The fourth-order valence-electron chi connectivity index (χ4n) is 4.16. The van der Waals surface area contributed by atoms with Crippen molar-refractivity contribution in [1.82, 2.24) is 19.9 Å². The summed E-state index contributed by atoms with van der Waals surface area (Å²) in [6.07, 6.45) is 9.90. The lowest BCUT2D eigenvalue weighted by Gasteiger charge is -2.33. The SMILES string of the molecule is COCC(=O)N1CCCC(c2nc(N3CCCC3)ncc2-c2ccncc2)C1. The highest BCUT2D eigenvalue weighted by Crippen LogP contribution is 2.34. The van der Waals surface area contributed by atoms with Crippen LogP contribution < -0.4 is 4.90 Å². The maximum Gasteiger partial charge on any atom is 0.248 e. The Balaban J connectivity index is 1.68. The zero-order chi connectivity index (χ0) is 19.3. The maximum absolute atomic E-state index is 12.4. The zero-order valence-corrected chi connectivity index (χ0v) is 16.4. The van der Waals surface area contributed by atoms with E-state index in [1.54, 1.807) is 19.5 Å². The van der Waals surface area contributed by atoms with Gasteiger partial charge < -0.3 is 14.5 Å². The van der Waals surface area contributed by atoms with Gasteiger partial charge in [0, 0.05) is 63.4 Å². The van der Waals surface area contributed by atoms with E-state index in [0.29, 0.717) is 6.54 Å². The number of carbonyl (C=O) groups is 1. The molecule has 0 aromatic carbocycles. The van der Waals surface area contributed by atoms with Crippen molar-refractivity contribution in [1.29, 1.82) is 0 Å². The summed E-state index contributed by atoms with van der Waals surface area (Å²) >= 11 is 0. The van der Waals surface area contributed by atoms with Crippen LogP contribution in [0.4, 0.5) is 5.95 Å². The highest BCUT2D eigenvalue weighted by Gasteiger charge is 2.29. The van der Waals surface area contributed by atoms with Crippen molar-refractivity contribution in [2.75, 3.05) is 44.8 Å². The number of hydrogen-bond acceptors (Lipinski definition) is 6.